The van der Waals surface area contributed by atoms with E-state index in [0.29, 0.717) is 11.2 Å². The second kappa shape index (κ2) is 7.17. The fourth-order valence-electron chi connectivity index (χ4n) is 3.33. The molecule has 0 saturated heterocycles. The Hall–Kier alpha value is -2.90. The van der Waals surface area contributed by atoms with Gasteiger partial charge in [-0.25, -0.2) is 4.98 Å². The number of nitriles is 1. The van der Waals surface area contributed by atoms with Gasteiger partial charge in [0.25, 0.3) is 0 Å². The van der Waals surface area contributed by atoms with Crippen LogP contribution in [0.15, 0.2) is 54.0 Å². The number of hydrogen-bond acceptors (Lipinski definition) is 6. The second-order valence-electron chi connectivity index (χ2n) is 6.63. The SMILES string of the molecule is CC(c1ccc2ncsc2c1)c1nnc2ccc(-c3cccc(C#N)c3I)nn12. The van der Waals surface area contributed by atoms with Gasteiger partial charge in [0.1, 0.15) is 6.07 Å². The molecule has 0 aliphatic rings. The van der Waals surface area contributed by atoms with Crippen molar-refractivity contribution in [2.75, 3.05) is 0 Å². The zero-order valence-corrected chi connectivity index (χ0v) is 18.2. The Bertz CT molecular complexity index is 1410. The predicted octanol–water partition coefficient (Wildman–Crippen LogP) is 5.03. The average molecular weight is 508 g/mol. The van der Waals surface area contributed by atoms with Gasteiger partial charge in [-0.05, 0) is 58.5 Å². The molecule has 0 amide bonds. The maximum atomic E-state index is 9.33. The highest BCUT2D eigenvalue weighted by atomic mass is 127. The summed E-state index contributed by atoms with van der Waals surface area (Å²) in [5, 5.41) is 22.8. The molecule has 0 aliphatic heterocycles. The monoisotopic (exact) mass is 508 g/mol. The van der Waals surface area contributed by atoms with Crippen LogP contribution in [0.5, 0.6) is 0 Å². The Labute approximate surface area is 184 Å². The Morgan fingerprint density at radius 1 is 1.14 bits per heavy atom. The zero-order valence-electron chi connectivity index (χ0n) is 15.2. The van der Waals surface area contributed by atoms with Crippen LogP contribution in [0, 0.1) is 14.9 Å². The lowest BCUT2D eigenvalue weighted by Gasteiger charge is -2.11. The molecule has 0 aliphatic carbocycles. The maximum Gasteiger partial charge on any atom is 0.177 e. The number of nitrogens with zero attached hydrogens (tertiary/aromatic N) is 6. The molecule has 5 aromatic rings. The first-order valence-corrected chi connectivity index (χ1v) is 10.9. The largest absolute Gasteiger partial charge is 0.245 e. The smallest absolute Gasteiger partial charge is 0.177 e. The van der Waals surface area contributed by atoms with Crippen LogP contribution < -0.4 is 0 Å². The van der Waals surface area contributed by atoms with Crippen molar-refractivity contribution in [2.24, 2.45) is 0 Å². The highest BCUT2D eigenvalue weighted by Crippen LogP contribution is 2.29. The average Bonchev–Trinajstić information content (AvgIpc) is 3.39. The van der Waals surface area contributed by atoms with E-state index < -0.39 is 0 Å². The molecule has 0 N–H and O–H groups in total. The minimum Gasteiger partial charge on any atom is -0.245 e. The number of rotatable bonds is 3. The van der Waals surface area contributed by atoms with Crippen LogP contribution in [-0.2, 0) is 0 Å². The highest BCUT2D eigenvalue weighted by Gasteiger charge is 2.18. The van der Waals surface area contributed by atoms with Gasteiger partial charge in [-0.3, -0.25) is 0 Å². The van der Waals surface area contributed by atoms with E-state index in [9.17, 15) is 5.26 Å². The molecule has 1 atom stereocenters. The molecular weight excluding hydrogens is 495 g/mol. The Morgan fingerprint density at radius 2 is 2.03 bits per heavy atom. The standard InChI is InChI=1S/C21H13IN6S/c1-12(13-5-6-17-18(9-13)29-11-24-17)21-26-25-19-8-7-16(27-28(19)21)15-4-2-3-14(10-23)20(15)22/h2-9,11-12H,1H3. The van der Waals surface area contributed by atoms with Gasteiger partial charge in [0, 0.05) is 15.1 Å². The number of halogens is 1. The van der Waals surface area contributed by atoms with Crippen molar-refractivity contribution in [2.45, 2.75) is 12.8 Å². The highest BCUT2D eigenvalue weighted by molar-refractivity contribution is 14.1. The molecule has 5 rings (SSSR count). The second-order valence-corrected chi connectivity index (χ2v) is 8.59. The maximum absolute atomic E-state index is 9.33. The van der Waals surface area contributed by atoms with Crippen molar-refractivity contribution in [3.05, 3.63) is 74.6 Å². The first kappa shape index (κ1) is 18.1. The van der Waals surface area contributed by atoms with E-state index in [2.05, 4.69) is 62.9 Å². The van der Waals surface area contributed by atoms with Crippen molar-refractivity contribution < 1.29 is 0 Å². The molecule has 29 heavy (non-hydrogen) atoms. The van der Waals surface area contributed by atoms with Gasteiger partial charge >= 0.3 is 0 Å². The van der Waals surface area contributed by atoms with Gasteiger partial charge in [-0.15, -0.1) is 21.5 Å². The quantitative estimate of drug-likeness (QED) is 0.320. The van der Waals surface area contributed by atoms with Gasteiger partial charge in [0.2, 0.25) is 0 Å². The molecule has 140 valence electrons. The fraction of sp³-hybridized carbons (Fsp3) is 0.0952. The minimum absolute atomic E-state index is 0.0174. The Balaban J connectivity index is 1.62. The molecule has 2 aromatic carbocycles. The normalized spacial score (nSPS) is 12.3. The molecule has 0 radical (unpaired) electrons. The molecule has 0 bridgehead atoms. The fourth-order valence-corrected chi connectivity index (χ4v) is 4.81. The van der Waals surface area contributed by atoms with Crippen LogP contribution in [0.25, 0.3) is 27.1 Å². The Morgan fingerprint density at radius 3 is 2.90 bits per heavy atom. The summed E-state index contributed by atoms with van der Waals surface area (Å²) in [6, 6.07) is 18.0. The molecular formula is C21H13IN6S. The van der Waals surface area contributed by atoms with E-state index in [1.54, 1.807) is 15.9 Å². The van der Waals surface area contributed by atoms with Crippen molar-refractivity contribution >= 4 is 49.8 Å². The molecule has 6 nitrogen and oxygen atoms in total. The van der Waals surface area contributed by atoms with Gasteiger partial charge in [0.05, 0.1) is 27.0 Å². The molecule has 3 aromatic heterocycles. The van der Waals surface area contributed by atoms with E-state index in [-0.39, 0.29) is 5.92 Å². The van der Waals surface area contributed by atoms with E-state index in [1.165, 1.54) is 0 Å². The third-order valence-electron chi connectivity index (χ3n) is 4.92. The molecule has 1 unspecified atom stereocenters. The van der Waals surface area contributed by atoms with E-state index in [1.807, 2.05) is 41.9 Å². The Kier molecular flexibility index (Phi) is 4.49. The summed E-state index contributed by atoms with van der Waals surface area (Å²) in [4.78, 5) is 4.35. The number of benzene rings is 2. The van der Waals surface area contributed by atoms with Gasteiger partial charge in [-0.2, -0.15) is 14.9 Å². The number of aromatic nitrogens is 5. The zero-order chi connectivity index (χ0) is 20.0. The van der Waals surface area contributed by atoms with Gasteiger partial charge in [0.15, 0.2) is 11.5 Å². The molecule has 3 heterocycles. The molecule has 0 fully saturated rings. The third-order valence-corrected chi connectivity index (χ3v) is 6.88. The summed E-state index contributed by atoms with van der Waals surface area (Å²) in [6.07, 6.45) is 0. The van der Waals surface area contributed by atoms with Crippen molar-refractivity contribution in [3.63, 3.8) is 0 Å². The number of fused-ring (bicyclic) bond motifs is 2. The number of thiazole rings is 1. The first-order valence-electron chi connectivity index (χ1n) is 8.90. The first-order chi connectivity index (χ1) is 14.2. The summed E-state index contributed by atoms with van der Waals surface area (Å²) < 4.78 is 3.84. The van der Waals surface area contributed by atoms with Crippen LogP contribution in [0.3, 0.4) is 0 Å². The van der Waals surface area contributed by atoms with Crippen molar-refractivity contribution in [1.29, 1.82) is 5.26 Å². The van der Waals surface area contributed by atoms with E-state index >= 15 is 0 Å². The van der Waals surface area contributed by atoms with Crippen LogP contribution >= 0.6 is 33.9 Å². The summed E-state index contributed by atoms with van der Waals surface area (Å²) in [7, 11) is 0. The molecule has 0 saturated carbocycles. The van der Waals surface area contributed by atoms with Crippen LogP contribution in [-0.4, -0.2) is 24.8 Å². The summed E-state index contributed by atoms with van der Waals surface area (Å²) in [5.74, 6) is 0.793. The summed E-state index contributed by atoms with van der Waals surface area (Å²) in [5.41, 5.74) is 7.04. The number of hydrogen-bond donors (Lipinski definition) is 0. The van der Waals surface area contributed by atoms with E-state index in [4.69, 9.17) is 5.10 Å². The topological polar surface area (TPSA) is 79.8 Å². The van der Waals surface area contributed by atoms with Gasteiger partial charge < -0.3 is 0 Å². The van der Waals surface area contributed by atoms with Gasteiger partial charge in [-0.1, -0.05) is 25.1 Å². The predicted molar refractivity (Wildman–Crippen MR) is 121 cm³/mol. The minimum atomic E-state index is 0.0174. The summed E-state index contributed by atoms with van der Waals surface area (Å²) >= 11 is 3.83. The summed E-state index contributed by atoms with van der Waals surface area (Å²) in [6.45, 7) is 2.10. The van der Waals surface area contributed by atoms with Crippen molar-refractivity contribution in [1.82, 2.24) is 24.8 Å². The van der Waals surface area contributed by atoms with Crippen molar-refractivity contribution in [3.8, 4) is 17.3 Å². The lowest BCUT2D eigenvalue weighted by atomic mass is 10.0. The lowest BCUT2D eigenvalue weighted by molar-refractivity contribution is 0.753. The van der Waals surface area contributed by atoms with E-state index in [0.717, 1.165) is 36.4 Å². The lowest BCUT2D eigenvalue weighted by Crippen LogP contribution is -2.06. The van der Waals surface area contributed by atoms with Crippen LogP contribution in [0.2, 0.25) is 0 Å². The van der Waals surface area contributed by atoms with Crippen LogP contribution in [0.4, 0.5) is 0 Å². The molecule has 0 spiro atoms. The van der Waals surface area contributed by atoms with Crippen LogP contribution in [0.1, 0.15) is 29.8 Å². The molecule has 8 heteroatoms. The third kappa shape index (κ3) is 3.07.